The summed E-state index contributed by atoms with van der Waals surface area (Å²) >= 11 is 9.51. The molecule has 1 heterocycles. The fourth-order valence-electron chi connectivity index (χ4n) is 1.34. The van der Waals surface area contributed by atoms with Crippen molar-refractivity contribution in [3.63, 3.8) is 0 Å². The fourth-order valence-corrected chi connectivity index (χ4v) is 1.89. The van der Waals surface area contributed by atoms with E-state index in [1.165, 1.54) is 0 Å². The highest BCUT2D eigenvalue weighted by Gasteiger charge is 2.19. The summed E-state index contributed by atoms with van der Waals surface area (Å²) in [6, 6.07) is 5.55. The van der Waals surface area contributed by atoms with Crippen LogP contribution in [0, 0.1) is 0 Å². The quantitative estimate of drug-likeness (QED) is 0.927. The van der Waals surface area contributed by atoms with Gasteiger partial charge < -0.3 is 5.73 Å². The van der Waals surface area contributed by atoms with Gasteiger partial charge in [0.2, 0.25) is 0 Å². The Morgan fingerprint density at radius 1 is 1.41 bits per heavy atom. The van der Waals surface area contributed by atoms with Gasteiger partial charge in [-0.1, -0.05) is 32.7 Å². The Hall–Kier alpha value is -0.910. The van der Waals surface area contributed by atoms with E-state index in [2.05, 4.69) is 26.2 Å². The van der Waals surface area contributed by atoms with Crippen LogP contribution in [0.2, 0.25) is 5.02 Å². The maximum absolute atomic E-state index is 6.11. The summed E-state index contributed by atoms with van der Waals surface area (Å²) in [5.41, 5.74) is 6.92. The number of nitrogens with zero attached hydrogens (tertiary/aromatic N) is 3. The lowest BCUT2D eigenvalue weighted by Gasteiger charge is -2.13. The fraction of sp³-hybridized carbons (Fsp3) is 0.273. The smallest absolute Gasteiger partial charge is 0.102 e. The van der Waals surface area contributed by atoms with Gasteiger partial charge in [0.15, 0.2) is 0 Å². The summed E-state index contributed by atoms with van der Waals surface area (Å²) in [5, 5.41) is 8.70. The van der Waals surface area contributed by atoms with Crippen molar-refractivity contribution in [3.8, 4) is 5.69 Å². The largest absolute Gasteiger partial charge is 0.320 e. The van der Waals surface area contributed by atoms with Gasteiger partial charge in [-0.15, -0.1) is 5.10 Å². The molecule has 17 heavy (non-hydrogen) atoms. The third-order valence-electron chi connectivity index (χ3n) is 2.31. The summed E-state index contributed by atoms with van der Waals surface area (Å²) < 4.78 is 2.55. The molecule has 2 aromatic rings. The molecule has 1 aromatic carbocycles. The van der Waals surface area contributed by atoms with Gasteiger partial charge in [0.25, 0.3) is 0 Å². The number of halogens is 2. The second-order valence-electron chi connectivity index (χ2n) is 4.37. The van der Waals surface area contributed by atoms with Crippen LogP contribution < -0.4 is 5.73 Å². The minimum Gasteiger partial charge on any atom is -0.320 e. The van der Waals surface area contributed by atoms with Crippen molar-refractivity contribution in [2.24, 2.45) is 5.73 Å². The summed E-state index contributed by atoms with van der Waals surface area (Å²) in [6.45, 7) is 3.76. The lowest BCUT2D eigenvalue weighted by molar-refractivity contribution is 0.533. The monoisotopic (exact) mass is 314 g/mol. The molecule has 0 aliphatic heterocycles. The van der Waals surface area contributed by atoms with E-state index in [0.29, 0.717) is 10.7 Å². The molecule has 0 unspecified atom stereocenters. The highest BCUT2D eigenvalue weighted by molar-refractivity contribution is 9.10. The molecular weight excluding hydrogens is 304 g/mol. The Morgan fingerprint density at radius 3 is 2.71 bits per heavy atom. The zero-order chi connectivity index (χ0) is 12.6. The first-order valence-electron chi connectivity index (χ1n) is 5.05. The molecule has 4 nitrogen and oxygen atoms in total. The van der Waals surface area contributed by atoms with E-state index in [1.807, 2.05) is 26.0 Å². The van der Waals surface area contributed by atoms with E-state index in [0.717, 1.165) is 10.2 Å². The van der Waals surface area contributed by atoms with Gasteiger partial charge in [-0.2, -0.15) is 0 Å². The minimum absolute atomic E-state index is 0.517. The molecule has 0 saturated heterocycles. The number of benzene rings is 1. The number of rotatable bonds is 2. The predicted octanol–water partition coefficient (Wildman–Crippen LogP) is 2.88. The molecule has 0 aliphatic carbocycles. The molecule has 0 saturated carbocycles. The van der Waals surface area contributed by atoms with Crippen LogP contribution in [0.15, 0.2) is 28.9 Å². The van der Waals surface area contributed by atoms with Gasteiger partial charge in [-0.3, -0.25) is 0 Å². The lowest BCUT2D eigenvalue weighted by Crippen LogP contribution is -2.29. The second kappa shape index (κ2) is 4.40. The maximum atomic E-state index is 6.11. The van der Waals surface area contributed by atoms with Crippen molar-refractivity contribution in [2.75, 3.05) is 0 Å². The third kappa shape index (κ3) is 2.68. The van der Waals surface area contributed by atoms with Crippen molar-refractivity contribution < 1.29 is 0 Å². The van der Waals surface area contributed by atoms with Crippen molar-refractivity contribution in [2.45, 2.75) is 19.4 Å². The van der Waals surface area contributed by atoms with Crippen LogP contribution in [0.4, 0.5) is 0 Å². The molecule has 6 heteroatoms. The number of nitrogens with two attached hydrogens (primary N) is 1. The zero-order valence-electron chi connectivity index (χ0n) is 9.48. The maximum Gasteiger partial charge on any atom is 0.102 e. The predicted molar refractivity (Wildman–Crippen MR) is 71.3 cm³/mol. The van der Waals surface area contributed by atoms with Gasteiger partial charge in [-0.25, -0.2) is 4.68 Å². The Balaban J connectivity index is 2.47. The number of hydrogen-bond donors (Lipinski definition) is 1. The first-order chi connectivity index (χ1) is 7.88. The topological polar surface area (TPSA) is 56.7 Å². The molecule has 0 radical (unpaired) electrons. The van der Waals surface area contributed by atoms with Gasteiger partial charge in [0, 0.05) is 4.47 Å². The molecule has 2 rings (SSSR count). The summed E-state index contributed by atoms with van der Waals surface area (Å²) in [4.78, 5) is 0. The minimum atomic E-state index is -0.517. The van der Waals surface area contributed by atoms with Gasteiger partial charge >= 0.3 is 0 Å². The van der Waals surface area contributed by atoms with E-state index in [1.54, 1.807) is 16.9 Å². The van der Waals surface area contributed by atoms with Crippen LogP contribution in [0.1, 0.15) is 19.5 Å². The van der Waals surface area contributed by atoms with E-state index in [4.69, 9.17) is 17.3 Å². The Labute approximate surface area is 113 Å². The Kier molecular flexibility index (Phi) is 3.25. The number of hydrogen-bond acceptors (Lipinski definition) is 3. The van der Waals surface area contributed by atoms with Gasteiger partial charge in [-0.05, 0) is 32.0 Å². The molecule has 0 fully saturated rings. The average molecular weight is 316 g/mol. The highest BCUT2D eigenvalue weighted by Crippen LogP contribution is 2.25. The van der Waals surface area contributed by atoms with Crippen molar-refractivity contribution in [1.82, 2.24) is 15.0 Å². The highest BCUT2D eigenvalue weighted by atomic mass is 79.9. The molecule has 0 spiro atoms. The Bertz CT molecular complexity index is 545. The first kappa shape index (κ1) is 12.5. The summed E-state index contributed by atoms with van der Waals surface area (Å²) in [5.74, 6) is 0. The zero-order valence-corrected chi connectivity index (χ0v) is 11.8. The van der Waals surface area contributed by atoms with Crippen LogP contribution in [0.5, 0.6) is 0 Å². The molecule has 0 atom stereocenters. The van der Waals surface area contributed by atoms with Crippen LogP contribution in [0.25, 0.3) is 5.69 Å². The first-order valence-corrected chi connectivity index (χ1v) is 6.22. The van der Waals surface area contributed by atoms with E-state index in [-0.39, 0.29) is 0 Å². The van der Waals surface area contributed by atoms with Crippen molar-refractivity contribution >= 4 is 27.5 Å². The molecular formula is C11H12BrClN4. The van der Waals surface area contributed by atoms with Crippen LogP contribution >= 0.6 is 27.5 Å². The lowest BCUT2D eigenvalue weighted by atomic mass is 10.0. The van der Waals surface area contributed by atoms with Gasteiger partial charge in [0.05, 0.1) is 22.4 Å². The van der Waals surface area contributed by atoms with E-state index >= 15 is 0 Å². The SMILES string of the molecule is CC(C)(N)c1cn(-c2cc(Br)ccc2Cl)nn1. The third-order valence-corrected chi connectivity index (χ3v) is 3.12. The van der Waals surface area contributed by atoms with Crippen LogP contribution in [-0.4, -0.2) is 15.0 Å². The average Bonchev–Trinajstić information content (AvgIpc) is 2.70. The molecule has 0 amide bonds. The van der Waals surface area contributed by atoms with Crippen LogP contribution in [0.3, 0.4) is 0 Å². The number of aromatic nitrogens is 3. The Morgan fingerprint density at radius 2 is 2.12 bits per heavy atom. The van der Waals surface area contributed by atoms with Crippen molar-refractivity contribution in [1.29, 1.82) is 0 Å². The normalized spacial score (nSPS) is 11.8. The van der Waals surface area contributed by atoms with Gasteiger partial charge in [0.1, 0.15) is 5.69 Å². The standard InChI is InChI=1S/C11H12BrClN4/c1-11(2,14)10-6-17(16-15-10)9-5-7(12)3-4-8(9)13/h3-6H,14H2,1-2H3. The summed E-state index contributed by atoms with van der Waals surface area (Å²) in [6.07, 6.45) is 1.79. The van der Waals surface area contributed by atoms with E-state index in [9.17, 15) is 0 Å². The van der Waals surface area contributed by atoms with E-state index < -0.39 is 5.54 Å². The molecule has 0 aliphatic rings. The molecule has 0 bridgehead atoms. The second-order valence-corrected chi connectivity index (χ2v) is 5.69. The molecule has 1 aromatic heterocycles. The molecule has 2 N–H and O–H groups in total. The van der Waals surface area contributed by atoms with Crippen LogP contribution in [-0.2, 0) is 5.54 Å². The summed E-state index contributed by atoms with van der Waals surface area (Å²) in [7, 11) is 0. The van der Waals surface area contributed by atoms with Crippen molar-refractivity contribution in [3.05, 3.63) is 39.6 Å². The molecule has 90 valence electrons.